The quantitative estimate of drug-likeness (QED) is 0.501. The Hall–Kier alpha value is -2.67. The summed E-state index contributed by atoms with van der Waals surface area (Å²) in [6.45, 7) is 0.893. The van der Waals surface area contributed by atoms with Crippen molar-refractivity contribution in [3.8, 4) is 0 Å². The molecule has 1 aliphatic heterocycles. The number of thiophene rings is 1. The van der Waals surface area contributed by atoms with Crippen LogP contribution >= 0.6 is 22.9 Å². The van der Waals surface area contributed by atoms with Crippen molar-refractivity contribution in [1.29, 1.82) is 0 Å². The highest BCUT2D eigenvalue weighted by Gasteiger charge is 2.34. The van der Waals surface area contributed by atoms with Crippen LogP contribution in [0.5, 0.6) is 0 Å². The molecule has 3 heterocycles. The van der Waals surface area contributed by atoms with Crippen molar-refractivity contribution in [2.24, 2.45) is 0 Å². The van der Waals surface area contributed by atoms with Crippen molar-refractivity contribution in [2.75, 3.05) is 31.1 Å². The Bertz CT molecular complexity index is 1310. The van der Waals surface area contributed by atoms with Crippen LogP contribution in [-0.2, 0) is 22.7 Å². The Kier molecular flexibility index (Phi) is 7.36. The summed E-state index contributed by atoms with van der Waals surface area (Å²) in [4.78, 5) is 18.4. The zero-order valence-corrected chi connectivity index (χ0v) is 20.5. The van der Waals surface area contributed by atoms with Crippen LogP contribution in [0.3, 0.4) is 0 Å². The van der Waals surface area contributed by atoms with Gasteiger partial charge in [-0.1, -0.05) is 29.8 Å². The molecule has 1 aliphatic rings. The summed E-state index contributed by atoms with van der Waals surface area (Å²) in [6, 6.07) is 12.7. The smallest absolute Gasteiger partial charge is 0.353 e. The second-order valence-corrected chi connectivity index (χ2v) is 11.4. The van der Waals surface area contributed by atoms with E-state index < -0.39 is 21.8 Å². The van der Waals surface area contributed by atoms with E-state index in [0.29, 0.717) is 16.6 Å². The number of alkyl halides is 3. The third-order valence-corrected chi connectivity index (χ3v) is 9.11. The van der Waals surface area contributed by atoms with E-state index in [2.05, 4.69) is 10.3 Å². The number of halogens is 4. The van der Waals surface area contributed by atoms with Crippen molar-refractivity contribution in [2.45, 2.75) is 16.9 Å². The van der Waals surface area contributed by atoms with E-state index in [1.165, 1.54) is 10.4 Å². The van der Waals surface area contributed by atoms with Crippen LogP contribution in [0.15, 0.2) is 58.9 Å². The standard InChI is InChI=1S/C22H20ClF3N4O3S2/c23-18-12-16(22(24,25)26)13-27-20(18)29-8-10-30(11-9-29)35(32,33)19-7-6-17(34-19)14-28-21(31)15-4-2-1-3-5-15/h1-7,12-13H,8-11,14H2,(H,28,31). The molecule has 0 saturated carbocycles. The molecule has 0 unspecified atom stereocenters. The Morgan fingerprint density at radius 1 is 1.09 bits per heavy atom. The van der Waals surface area contributed by atoms with Gasteiger partial charge in [-0.3, -0.25) is 4.79 Å². The highest BCUT2D eigenvalue weighted by molar-refractivity contribution is 7.91. The molecule has 1 amide bonds. The van der Waals surface area contributed by atoms with Crippen molar-refractivity contribution < 1.29 is 26.4 Å². The van der Waals surface area contributed by atoms with Gasteiger partial charge in [0.25, 0.3) is 15.9 Å². The minimum absolute atomic E-state index is 0.124. The molecule has 2 aromatic heterocycles. The first-order chi connectivity index (χ1) is 16.6. The summed E-state index contributed by atoms with van der Waals surface area (Å²) in [5, 5.41) is 2.63. The Balaban J connectivity index is 1.37. The molecular weight excluding hydrogens is 525 g/mol. The Morgan fingerprint density at radius 2 is 1.77 bits per heavy atom. The van der Waals surface area contributed by atoms with Crippen molar-refractivity contribution in [1.82, 2.24) is 14.6 Å². The van der Waals surface area contributed by atoms with E-state index in [1.54, 1.807) is 35.2 Å². The van der Waals surface area contributed by atoms with Gasteiger partial charge in [-0.25, -0.2) is 13.4 Å². The lowest BCUT2D eigenvalue weighted by atomic mass is 10.2. The highest BCUT2D eigenvalue weighted by atomic mass is 35.5. The molecule has 0 aliphatic carbocycles. The molecule has 1 fully saturated rings. The zero-order valence-electron chi connectivity index (χ0n) is 18.1. The second kappa shape index (κ2) is 10.1. The molecule has 0 bridgehead atoms. The van der Waals surface area contributed by atoms with Crippen LogP contribution in [0.4, 0.5) is 19.0 Å². The molecule has 0 spiro atoms. The lowest BCUT2D eigenvalue weighted by Crippen LogP contribution is -2.48. The maximum Gasteiger partial charge on any atom is 0.417 e. The zero-order chi connectivity index (χ0) is 25.2. The number of piperazine rings is 1. The number of anilines is 1. The van der Waals surface area contributed by atoms with Gasteiger partial charge in [-0.05, 0) is 30.3 Å². The molecule has 1 N–H and O–H groups in total. The Labute approximate surface area is 209 Å². The summed E-state index contributed by atoms with van der Waals surface area (Å²) in [6.07, 6.45) is -3.83. The minimum atomic E-state index is -4.55. The topological polar surface area (TPSA) is 82.6 Å². The first-order valence-corrected chi connectivity index (χ1v) is 13.1. The van der Waals surface area contributed by atoms with Crippen LogP contribution in [0.1, 0.15) is 20.8 Å². The number of hydrogen-bond donors (Lipinski definition) is 1. The lowest BCUT2D eigenvalue weighted by molar-refractivity contribution is -0.137. The molecule has 3 aromatic rings. The lowest BCUT2D eigenvalue weighted by Gasteiger charge is -2.34. The number of amides is 1. The van der Waals surface area contributed by atoms with Crippen LogP contribution < -0.4 is 10.2 Å². The summed E-state index contributed by atoms with van der Waals surface area (Å²) in [5.41, 5.74) is -0.432. The van der Waals surface area contributed by atoms with Crippen molar-refractivity contribution in [3.05, 3.63) is 75.8 Å². The normalized spacial score (nSPS) is 15.3. The number of benzene rings is 1. The summed E-state index contributed by atoms with van der Waals surface area (Å²) < 4.78 is 66.2. The van der Waals surface area contributed by atoms with Crippen molar-refractivity contribution >= 4 is 44.7 Å². The number of nitrogens with one attached hydrogen (secondary N) is 1. The van der Waals surface area contributed by atoms with E-state index in [4.69, 9.17) is 11.6 Å². The molecular formula is C22H20ClF3N4O3S2. The average Bonchev–Trinajstić information content (AvgIpc) is 3.33. The van der Waals surface area contributed by atoms with Crippen LogP contribution in [0, 0.1) is 0 Å². The number of hydrogen-bond acceptors (Lipinski definition) is 6. The minimum Gasteiger partial charge on any atom is -0.353 e. The molecule has 0 radical (unpaired) electrons. The van der Waals surface area contributed by atoms with Gasteiger partial charge in [0.1, 0.15) is 10.0 Å². The molecule has 0 atom stereocenters. The number of carbonyl (C=O) groups excluding carboxylic acids is 1. The average molecular weight is 545 g/mol. The predicted octanol–water partition coefficient (Wildman–Crippen LogP) is 4.26. The molecule has 186 valence electrons. The van der Waals surface area contributed by atoms with E-state index in [-0.39, 0.29) is 53.7 Å². The van der Waals surface area contributed by atoms with Gasteiger partial charge in [-0.15, -0.1) is 11.3 Å². The maximum atomic E-state index is 13.1. The monoisotopic (exact) mass is 544 g/mol. The number of pyridine rings is 1. The largest absolute Gasteiger partial charge is 0.417 e. The van der Waals surface area contributed by atoms with Gasteiger partial charge in [-0.2, -0.15) is 17.5 Å². The first-order valence-electron chi connectivity index (χ1n) is 10.5. The van der Waals surface area contributed by atoms with Gasteiger partial charge in [0, 0.05) is 42.8 Å². The van der Waals surface area contributed by atoms with Gasteiger partial charge in [0.05, 0.1) is 17.1 Å². The number of nitrogens with zero attached hydrogens (tertiary/aromatic N) is 3. The maximum absolute atomic E-state index is 13.1. The fourth-order valence-corrected chi connectivity index (χ4v) is 6.69. The summed E-state index contributed by atoms with van der Waals surface area (Å²) >= 11 is 7.10. The SMILES string of the molecule is O=C(NCc1ccc(S(=O)(=O)N2CCN(c3ncc(C(F)(F)F)cc3Cl)CC2)s1)c1ccccc1. The van der Waals surface area contributed by atoms with E-state index >= 15 is 0 Å². The molecule has 35 heavy (non-hydrogen) atoms. The number of sulfonamides is 1. The third-order valence-electron chi connectivity index (χ3n) is 5.38. The first kappa shape index (κ1) is 25.4. The number of aromatic nitrogens is 1. The molecule has 4 rings (SSSR count). The van der Waals surface area contributed by atoms with Gasteiger partial charge in [0.2, 0.25) is 0 Å². The van der Waals surface area contributed by atoms with Crippen LogP contribution in [-0.4, -0.2) is 49.8 Å². The van der Waals surface area contributed by atoms with E-state index in [9.17, 15) is 26.4 Å². The second-order valence-electron chi connectivity index (χ2n) is 7.69. The van der Waals surface area contributed by atoms with Crippen LogP contribution in [0.2, 0.25) is 5.02 Å². The van der Waals surface area contributed by atoms with Crippen molar-refractivity contribution in [3.63, 3.8) is 0 Å². The third kappa shape index (κ3) is 5.77. The Morgan fingerprint density at radius 3 is 2.40 bits per heavy atom. The molecule has 1 saturated heterocycles. The predicted molar refractivity (Wildman–Crippen MR) is 127 cm³/mol. The number of rotatable bonds is 6. The fourth-order valence-electron chi connectivity index (χ4n) is 3.54. The van der Waals surface area contributed by atoms with Gasteiger partial charge in [0.15, 0.2) is 0 Å². The summed E-state index contributed by atoms with van der Waals surface area (Å²) in [5.74, 6) is -0.0700. The summed E-state index contributed by atoms with van der Waals surface area (Å²) in [7, 11) is -3.76. The van der Waals surface area contributed by atoms with Gasteiger partial charge < -0.3 is 10.2 Å². The van der Waals surface area contributed by atoms with E-state index in [1.807, 2.05) is 6.07 Å². The molecule has 1 aromatic carbocycles. The van der Waals surface area contributed by atoms with Crippen LogP contribution in [0.25, 0.3) is 0 Å². The number of carbonyl (C=O) groups is 1. The molecule has 13 heteroatoms. The molecule has 7 nitrogen and oxygen atoms in total. The van der Waals surface area contributed by atoms with E-state index in [0.717, 1.165) is 17.4 Å². The van der Waals surface area contributed by atoms with Gasteiger partial charge >= 0.3 is 6.18 Å². The fraction of sp³-hybridized carbons (Fsp3) is 0.273. The highest BCUT2D eigenvalue weighted by Crippen LogP contribution is 2.34.